The van der Waals surface area contributed by atoms with E-state index in [1.165, 1.54) is 35.5 Å². The first kappa shape index (κ1) is 24.2. The molecule has 2 aromatic carbocycles. The average Bonchev–Trinajstić information content (AvgIpc) is 3.12. The lowest BCUT2D eigenvalue weighted by Gasteiger charge is -2.20. The molecule has 1 atom stereocenters. The first-order valence-corrected chi connectivity index (χ1v) is 11.4. The minimum Gasteiger partial charge on any atom is -0.483 e. The molecule has 1 heterocycles. The van der Waals surface area contributed by atoms with Crippen LogP contribution in [0.1, 0.15) is 45.2 Å². The van der Waals surface area contributed by atoms with Gasteiger partial charge in [-0.1, -0.05) is 50.7 Å². The van der Waals surface area contributed by atoms with Crippen molar-refractivity contribution in [3.63, 3.8) is 0 Å². The number of nitrogens with one attached hydrogen (secondary N) is 1. The van der Waals surface area contributed by atoms with Crippen molar-refractivity contribution in [3.8, 4) is 5.75 Å². The molecule has 1 aromatic heterocycles. The van der Waals surface area contributed by atoms with Crippen LogP contribution in [0.2, 0.25) is 0 Å². The molecule has 0 saturated carbocycles. The molecule has 0 spiro atoms. The maximum atomic E-state index is 12.3. The van der Waals surface area contributed by atoms with E-state index in [2.05, 4.69) is 48.4 Å². The molecule has 1 amide bonds. The van der Waals surface area contributed by atoms with E-state index in [0.29, 0.717) is 16.7 Å². The average molecular weight is 470 g/mol. The molecular formula is C23H27N5O4S. The Balaban J connectivity index is 1.58. The van der Waals surface area contributed by atoms with Gasteiger partial charge < -0.3 is 14.6 Å². The summed E-state index contributed by atoms with van der Waals surface area (Å²) in [5.74, 6) is 1.16. The van der Waals surface area contributed by atoms with E-state index >= 15 is 0 Å². The topological polar surface area (TPSA) is 112 Å². The maximum Gasteiger partial charge on any atom is 0.271 e. The Bertz CT molecular complexity index is 1140. The van der Waals surface area contributed by atoms with Gasteiger partial charge in [0.25, 0.3) is 5.69 Å². The van der Waals surface area contributed by atoms with Crippen molar-refractivity contribution >= 4 is 29.0 Å². The fraction of sp³-hybridized carbons (Fsp3) is 0.348. The number of carbonyl (C=O) groups is 1. The molecule has 0 aliphatic rings. The molecule has 10 heteroatoms. The number of hydrogen-bond donors (Lipinski definition) is 1. The zero-order chi connectivity index (χ0) is 24.2. The Morgan fingerprint density at radius 1 is 1.21 bits per heavy atom. The molecule has 0 aliphatic heterocycles. The van der Waals surface area contributed by atoms with Crippen LogP contribution in [0, 0.1) is 10.1 Å². The van der Waals surface area contributed by atoms with Crippen LogP contribution in [0.4, 0.5) is 11.4 Å². The molecule has 9 nitrogen and oxygen atoms in total. The highest BCUT2D eigenvalue weighted by molar-refractivity contribution is 7.99. The first-order chi connectivity index (χ1) is 15.5. The molecule has 0 fully saturated rings. The normalized spacial score (nSPS) is 12.3. The van der Waals surface area contributed by atoms with Gasteiger partial charge in [-0.2, -0.15) is 0 Å². The number of ether oxygens (including phenoxy) is 1. The largest absolute Gasteiger partial charge is 0.483 e. The Morgan fingerprint density at radius 2 is 1.91 bits per heavy atom. The predicted molar refractivity (Wildman–Crippen MR) is 128 cm³/mol. The van der Waals surface area contributed by atoms with E-state index < -0.39 is 4.92 Å². The third-order valence-corrected chi connectivity index (χ3v) is 5.96. The molecule has 0 radical (unpaired) electrons. The van der Waals surface area contributed by atoms with E-state index in [9.17, 15) is 14.9 Å². The molecule has 1 N–H and O–H groups in total. The predicted octanol–water partition coefficient (Wildman–Crippen LogP) is 4.89. The van der Waals surface area contributed by atoms with Crippen molar-refractivity contribution in [1.82, 2.24) is 14.8 Å². The van der Waals surface area contributed by atoms with Gasteiger partial charge in [-0.3, -0.25) is 14.9 Å². The smallest absolute Gasteiger partial charge is 0.271 e. The van der Waals surface area contributed by atoms with Gasteiger partial charge in [-0.05, 0) is 36.1 Å². The first-order valence-electron chi connectivity index (χ1n) is 10.4. The summed E-state index contributed by atoms with van der Waals surface area (Å²) in [6.07, 6.45) is -0.337. The van der Waals surface area contributed by atoms with Crippen molar-refractivity contribution in [1.29, 1.82) is 0 Å². The summed E-state index contributed by atoms with van der Waals surface area (Å²) in [4.78, 5) is 22.6. The fourth-order valence-corrected chi connectivity index (χ4v) is 3.84. The number of amides is 1. The lowest BCUT2D eigenvalue weighted by atomic mass is 9.87. The molecule has 0 saturated heterocycles. The van der Waals surface area contributed by atoms with Gasteiger partial charge in [0, 0.05) is 24.9 Å². The summed E-state index contributed by atoms with van der Waals surface area (Å²) < 4.78 is 7.82. The van der Waals surface area contributed by atoms with Gasteiger partial charge in [0.1, 0.15) is 5.75 Å². The van der Waals surface area contributed by atoms with Crippen molar-refractivity contribution < 1.29 is 14.5 Å². The highest BCUT2D eigenvalue weighted by atomic mass is 32.2. The van der Waals surface area contributed by atoms with Crippen LogP contribution < -0.4 is 10.1 Å². The standard InChI is InChI=1S/C23H27N5O4S/c1-15(32-19-11-9-16(10-12-19)23(2,3)4)21-25-26-22(27(21)5)33-14-20(29)24-17-7-6-8-18(13-17)28(30)31/h6-13,15H,14H2,1-5H3,(H,24,29). The minimum absolute atomic E-state index is 0.0708. The van der Waals surface area contributed by atoms with Crippen LogP contribution in [0.25, 0.3) is 0 Å². The maximum absolute atomic E-state index is 12.3. The van der Waals surface area contributed by atoms with E-state index in [1.807, 2.05) is 26.1 Å². The zero-order valence-electron chi connectivity index (χ0n) is 19.2. The SMILES string of the molecule is CC(Oc1ccc(C(C)(C)C)cc1)c1nnc(SCC(=O)Nc2cccc([N+](=O)[O-])c2)n1C. The van der Waals surface area contributed by atoms with Crippen molar-refractivity contribution in [2.75, 3.05) is 11.1 Å². The second-order valence-corrected chi connectivity index (χ2v) is 9.52. The van der Waals surface area contributed by atoms with Gasteiger partial charge in [-0.15, -0.1) is 10.2 Å². The summed E-state index contributed by atoms with van der Waals surface area (Å²) in [7, 11) is 1.82. The number of hydrogen-bond acceptors (Lipinski definition) is 7. The Kier molecular flexibility index (Phi) is 7.37. The zero-order valence-corrected chi connectivity index (χ0v) is 20.0. The molecular weight excluding hydrogens is 442 g/mol. The van der Waals surface area contributed by atoms with Crippen LogP contribution in [0.15, 0.2) is 53.7 Å². The second-order valence-electron chi connectivity index (χ2n) is 8.58. The van der Waals surface area contributed by atoms with E-state index in [-0.39, 0.29) is 28.9 Å². The second kappa shape index (κ2) is 10.0. The van der Waals surface area contributed by atoms with Gasteiger partial charge in [0.2, 0.25) is 5.91 Å². The van der Waals surface area contributed by atoms with Crippen LogP contribution >= 0.6 is 11.8 Å². The van der Waals surface area contributed by atoms with Crippen molar-refractivity contribution in [2.24, 2.45) is 7.05 Å². The number of benzene rings is 2. The highest BCUT2D eigenvalue weighted by Crippen LogP contribution is 2.27. The molecule has 3 rings (SSSR count). The number of anilines is 1. The van der Waals surface area contributed by atoms with Gasteiger partial charge in [-0.25, -0.2) is 0 Å². The number of carbonyl (C=O) groups excluding carboxylic acids is 1. The van der Waals surface area contributed by atoms with Crippen LogP contribution in [-0.4, -0.2) is 31.3 Å². The lowest BCUT2D eigenvalue weighted by Crippen LogP contribution is -2.15. The van der Waals surface area contributed by atoms with Crippen molar-refractivity contribution in [3.05, 3.63) is 70.0 Å². The number of non-ortho nitro benzene ring substituents is 1. The number of nitro groups is 1. The third kappa shape index (κ3) is 6.32. The fourth-order valence-electron chi connectivity index (χ4n) is 3.12. The van der Waals surface area contributed by atoms with E-state index in [0.717, 1.165) is 5.75 Å². The lowest BCUT2D eigenvalue weighted by molar-refractivity contribution is -0.384. The van der Waals surface area contributed by atoms with Crippen molar-refractivity contribution in [2.45, 2.75) is 44.4 Å². The third-order valence-electron chi connectivity index (χ3n) is 4.94. The summed E-state index contributed by atoms with van der Waals surface area (Å²) in [6, 6.07) is 13.8. The Hall–Kier alpha value is -3.40. The van der Waals surface area contributed by atoms with Gasteiger partial charge in [0.05, 0.1) is 10.7 Å². The Labute approximate surface area is 196 Å². The quantitative estimate of drug-likeness (QED) is 0.284. The van der Waals surface area contributed by atoms with E-state index in [1.54, 1.807) is 10.6 Å². The number of nitro benzene ring substituents is 1. The Morgan fingerprint density at radius 3 is 2.55 bits per heavy atom. The van der Waals surface area contributed by atoms with Gasteiger partial charge >= 0.3 is 0 Å². The van der Waals surface area contributed by atoms with Crippen LogP contribution in [0.3, 0.4) is 0 Å². The van der Waals surface area contributed by atoms with Crippen LogP contribution in [0.5, 0.6) is 5.75 Å². The molecule has 0 aliphatic carbocycles. The molecule has 3 aromatic rings. The number of aromatic nitrogens is 3. The summed E-state index contributed by atoms with van der Waals surface area (Å²) >= 11 is 1.22. The minimum atomic E-state index is -0.506. The van der Waals surface area contributed by atoms with Gasteiger partial charge in [0.15, 0.2) is 17.1 Å². The molecule has 0 bridgehead atoms. The van der Waals surface area contributed by atoms with Crippen LogP contribution in [-0.2, 0) is 17.3 Å². The number of rotatable bonds is 8. The molecule has 33 heavy (non-hydrogen) atoms. The van der Waals surface area contributed by atoms with E-state index in [4.69, 9.17) is 4.74 Å². The monoisotopic (exact) mass is 469 g/mol. The highest BCUT2D eigenvalue weighted by Gasteiger charge is 2.19. The number of thioether (sulfide) groups is 1. The molecule has 174 valence electrons. The summed E-state index contributed by atoms with van der Waals surface area (Å²) in [5.41, 5.74) is 1.58. The number of nitrogens with zero attached hydrogens (tertiary/aromatic N) is 4. The summed E-state index contributed by atoms with van der Waals surface area (Å²) in [5, 5.41) is 22.5. The summed E-state index contributed by atoms with van der Waals surface area (Å²) in [6.45, 7) is 8.38. The molecule has 1 unspecified atom stereocenters.